The maximum absolute atomic E-state index is 12.5. The van der Waals surface area contributed by atoms with E-state index in [9.17, 15) is 4.79 Å². The van der Waals surface area contributed by atoms with Crippen molar-refractivity contribution >= 4 is 22.6 Å². The van der Waals surface area contributed by atoms with E-state index in [0.29, 0.717) is 24.8 Å². The van der Waals surface area contributed by atoms with Gasteiger partial charge in [0.25, 0.3) is 0 Å². The van der Waals surface area contributed by atoms with Crippen molar-refractivity contribution in [3.63, 3.8) is 0 Å². The molecule has 1 aliphatic heterocycles. The summed E-state index contributed by atoms with van der Waals surface area (Å²) < 4.78 is 7.30. The minimum atomic E-state index is -0.0614. The van der Waals surface area contributed by atoms with Crippen LogP contribution in [0.4, 0.5) is 10.5 Å². The Labute approximate surface area is 145 Å². The smallest absolute Gasteiger partial charge is 0.321 e. The van der Waals surface area contributed by atoms with E-state index >= 15 is 0 Å². The van der Waals surface area contributed by atoms with Gasteiger partial charge in [-0.05, 0) is 43.4 Å². The van der Waals surface area contributed by atoms with Gasteiger partial charge in [-0.15, -0.1) is 0 Å². The van der Waals surface area contributed by atoms with Crippen LogP contribution in [-0.4, -0.2) is 38.7 Å². The lowest BCUT2D eigenvalue weighted by Gasteiger charge is -2.30. The Kier molecular flexibility index (Phi) is 3.91. The Hall–Kier alpha value is -2.83. The zero-order chi connectivity index (χ0) is 17.4. The van der Waals surface area contributed by atoms with E-state index in [-0.39, 0.29) is 11.9 Å². The number of nitrogens with one attached hydrogen (secondary N) is 1. The minimum absolute atomic E-state index is 0.0614. The van der Waals surface area contributed by atoms with E-state index in [0.717, 1.165) is 29.4 Å². The van der Waals surface area contributed by atoms with Crippen LogP contribution in [0.2, 0.25) is 0 Å². The highest BCUT2D eigenvalue weighted by Crippen LogP contribution is 2.27. The lowest BCUT2D eigenvalue weighted by molar-refractivity contribution is 0.187. The molecule has 1 aromatic carbocycles. The molecule has 1 aliphatic rings. The van der Waals surface area contributed by atoms with Crippen molar-refractivity contribution < 1.29 is 9.32 Å². The number of amides is 2. The Morgan fingerprint density at radius 2 is 2.08 bits per heavy atom. The molecule has 0 unspecified atom stereocenters. The molecule has 130 valence electrons. The monoisotopic (exact) mass is 339 g/mol. The van der Waals surface area contributed by atoms with Crippen LogP contribution < -0.4 is 5.32 Å². The number of rotatable bonds is 2. The van der Waals surface area contributed by atoms with Gasteiger partial charge in [-0.25, -0.2) is 4.79 Å². The molecule has 7 nitrogen and oxygen atoms in total. The predicted octanol–water partition coefficient (Wildman–Crippen LogP) is 3.28. The van der Waals surface area contributed by atoms with Gasteiger partial charge in [-0.2, -0.15) is 4.98 Å². The second-order valence-corrected chi connectivity index (χ2v) is 6.57. The van der Waals surface area contributed by atoms with Crippen molar-refractivity contribution in [2.24, 2.45) is 7.05 Å². The molecule has 1 N–H and O–H groups in total. The number of piperidine rings is 1. The summed E-state index contributed by atoms with van der Waals surface area (Å²) in [5.41, 5.74) is 1.91. The first-order valence-corrected chi connectivity index (χ1v) is 8.51. The van der Waals surface area contributed by atoms with Gasteiger partial charge in [-0.1, -0.05) is 11.2 Å². The number of likely N-dealkylation sites (tertiary alicyclic amines) is 1. The molecule has 0 bridgehead atoms. The summed E-state index contributed by atoms with van der Waals surface area (Å²) in [6.45, 7) is 3.19. The number of carbonyl (C=O) groups excluding carboxylic acids is 1. The number of hydrogen-bond acceptors (Lipinski definition) is 4. The molecule has 1 fully saturated rings. The minimum Gasteiger partial charge on any atom is -0.350 e. The van der Waals surface area contributed by atoms with Crippen LogP contribution in [0.15, 0.2) is 35.0 Å². The zero-order valence-corrected chi connectivity index (χ0v) is 14.4. The van der Waals surface area contributed by atoms with Gasteiger partial charge in [0.15, 0.2) is 5.82 Å². The van der Waals surface area contributed by atoms with Crippen LogP contribution in [0.5, 0.6) is 0 Å². The summed E-state index contributed by atoms with van der Waals surface area (Å²) in [6.07, 6.45) is 3.69. The fourth-order valence-electron chi connectivity index (χ4n) is 3.35. The van der Waals surface area contributed by atoms with Crippen molar-refractivity contribution in [2.75, 3.05) is 18.4 Å². The van der Waals surface area contributed by atoms with Crippen molar-refractivity contribution in [2.45, 2.75) is 25.7 Å². The summed E-state index contributed by atoms with van der Waals surface area (Å²) in [5.74, 6) is 1.59. The Bertz CT molecular complexity index is 905. The topological polar surface area (TPSA) is 76.2 Å². The van der Waals surface area contributed by atoms with E-state index in [2.05, 4.69) is 21.5 Å². The van der Waals surface area contributed by atoms with Crippen molar-refractivity contribution in [3.8, 4) is 0 Å². The van der Waals surface area contributed by atoms with Gasteiger partial charge in [0, 0.05) is 43.5 Å². The van der Waals surface area contributed by atoms with E-state index in [1.807, 2.05) is 47.8 Å². The first-order valence-electron chi connectivity index (χ1n) is 8.51. The van der Waals surface area contributed by atoms with E-state index < -0.39 is 0 Å². The van der Waals surface area contributed by atoms with Gasteiger partial charge in [0.2, 0.25) is 5.89 Å². The first-order chi connectivity index (χ1) is 12.1. The molecule has 3 heterocycles. The van der Waals surface area contributed by atoms with Crippen LogP contribution in [0, 0.1) is 6.92 Å². The van der Waals surface area contributed by atoms with Crippen LogP contribution in [-0.2, 0) is 7.05 Å². The van der Waals surface area contributed by atoms with Gasteiger partial charge in [-0.3, -0.25) is 0 Å². The molecule has 0 aliphatic carbocycles. The lowest BCUT2D eigenvalue weighted by atomic mass is 9.97. The van der Waals surface area contributed by atoms with Gasteiger partial charge in [0.1, 0.15) is 0 Å². The highest BCUT2D eigenvalue weighted by atomic mass is 16.5. The third kappa shape index (κ3) is 3.09. The Morgan fingerprint density at radius 1 is 1.28 bits per heavy atom. The highest BCUT2D eigenvalue weighted by molar-refractivity contribution is 5.92. The second kappa shape index (κ2) is 6.23. The van der Waals surface area contributed by atoms with E-state index in [1.54, 1.807) is 0 Å². The van der Waals surface area contributed by atoms with Gasteiger partial charge in [0.05, 0.1) is 0 Å². The highest BCUT2D eigenvalue weighted by Gasteiger charge is 2.27. The third-order valence-corrected chi connectivity index (χ3v) is 4.81. The molecule has 0 saturated carbocycles. The number of fused-ring (bicyclic) bond motifs is 1. The molecule has 2 aromatic heterocycles. The Morgan fingerprint density at radius 3 is 2.80 bits per heavy atom. The summed E-state index contributed by atoms with van der Waals surface area (Å²) in [5, 5.41) is 8.01. The van der Waals surface area contributed by atoms with Crippen LogP contribution in [0.1, 0.15) is 30.5 Å². The largest absolute Gasteiger partial charge is 0.350 e. The average molecular weight is 339 g/mol. The van der Waals surface area contributed by atoms with Crippen molar-refractivity contribution in [3.05, 3.63) is 42.2 Å². The molecule has 0 radical (unpaired) electrons. The normalized spacial score (nSPS) is 15.7. The summed E-state index contributed by atoms with van der Waals surface area (Å²) in [4.78, 5) is 18.7. The van der Waals surface area contributed by atoms with Crippen LogP contribution in [0.25, 0.3) is 10.9 Å². The molecule has 7 heteroatoms. The number of benzene rings is 1. The number of nitrogens with zero attached hydrogens (tertiary/aromatic N) is 4. The number of carbonyl (C=O) groups is 1. The third-order valence-electron chi connectivity index (χ3n) is 4.81. The number of aromatic nitrogens is 3. The van der Waals surface area contributed by atoms with Crippen LogP contribution in [0.3, 0.4) is 0 Å². The molecule has 2 amide bonds. The van der Waals surface area contributed by atoms with E-state index in [4.69, 9.17) is 4.52 Å². The summed E-state index contributed by atoms with van der Waals surface area (Å²) in [6, 6.07) is 7.96. The maximum Gasteiger partial charge on any atom is 0.321 e. The molecule has 3 aromatic rings. The van der Waals surface area contributed by atoms with Gasteiger partial charge < -0.3 is 19.3 Å². The number of aryl methyl sites for hydroxylation is 2. The van der Waals surface area contributed by atoms with Gasteiger partial charge >= 0.3 is 6.03 Å². The Balaban J connectivity index is 1.39. The molecule has 25 heavy (non-hydrogen) atoms. The lowest BCUT2D eigenvalue weighted by Crippen LogP contribution is -2.40. The van der Waals surface area contributed by atoms with Crippen molar-refractivity contribution in [1.29, 1.82) is 0 Å². The molecular formula is C18H21N5O2. The zero-order valence-electron chi connectivity index (χ0n) is 14.4. The number of hydrogen-bond donors (Lipinski definition) is 1. The molecule has 0 spiro atoms. The van der Waals surface area contributed by atoms with Crippen molar-refractivity contribution in [1.82, 2.24) is 19.6 Å². The predicted molar refractivity (Wildman–Crippen MR) is 94.5 cm³/mol. The summed E-state index contributed by atoms with van der Waals surface area (Å²) in [7, 11) is 2.00. The fourth-order valence-corrected chi connectivity index (χ4v) is 3.35. The quantitative estimate of drug-likeness (QED) is 0.777. The van der Waals surface area contributed by atoms with E-state index in [1.165, 1.54) is 0 Å². The second-order valence-electron chi connectivity index (χ2n) is 6.57. The maximum atomic E-state index is 12.5. The molecule has 4 rings (SSSR count). The molecule has 0 atom stereocenters. The molecule has 1 saturated heterocycles. The SMILES string of the molecule is Cc1noc(C2CCN(C(=O)Nc3ccc4ccn(C)c4c3)CC2)n1. The fraction of sp³-hybridized carbons (Fsp3) is 0.389. The number of anilines is 1. The molecular weight excluding hydrogens is 318 g/mol. The summed E-state index contributed by atoms with van der Waals surface area (Å²) >= 11 is 0. The first kappa shape index (κ1) is 15.7. The standard InChI is InChI=1S/C18H21N5O2/c1-12-19-17(25-21-12)14-6-9-23(10-7-14)18(24)20-15-4-3-13-5-8-22(2)16(13)11-15/h3-5,8,11,14H,6-7,9-10H2,1-2H3,(H,20,24). The van der Waals surface area contributed by atoms with Crippen LogP contribution >= 0.6 is 0 Å². The average Bonchev–Trinajstić information content (AvgIpc) is 3.21. The number of urea groups is 1.